The number of ether oxygens (including phenoxy) is 3. The number of carbonyl (C=O) groups is 1. The largest absolute Gasteiger partial charge is 0.477 e. The molecular formula is C14H24O13. The number of hydrogen-bond donors (Lipinski definition) is 9. The van der Waals surface area contributed by atoms with Crippen molar-refractivity contribution >= 4 is 5.97 Å². The van der Waals surface area contributed by atoms with Crippen molar-refractivity contribution in [2.24, 2.45) is 0 Å². The Morgan fingerprint density at radius 3 is 2.26 bits per heavy atom. The van der Waals surface area contributed by atoms with Crippen molar-refractivity contribution in [3.8, 4) is 0 Å². The second kappa shape index (κ2) is 8.59. The van der Waals surface area contributed by atoms with Gasteiger partial charge in [0.1, 0.15) is 42.7 Å². The lowest BCUT2D eigenvalue weighted by atomic mass is 9.92. The van der Waals surface area contributed by atoms with Gasteiger partial charge in [0.15, 0.2) is 6.29 Å². The highest BCUT2D eigenvalue weighted by atomic mass is 16.7. The average Bonchev–Trinajstić information content (AvgIpc) is 2.63. The number of rotatable bonds is 6. The van der Waals surface area contributed by atoms with Gasteiger partial charge in [-0.3, -0.25) is 0 Å². The molecule has 9 N–H and O–H groups in total. The lowest BCUT2D eigenvalue weighted by molar-refractivity contribution is -0.355. The zero-order valence-corrected chi connectivity index (χ0v) is 14.0. The molecule has 13 nitrogen and oxygen atoms in total. The quantitative estimate of drug-likeness (QED) is 0.203. The predicted molar refractivity (Wildman–Crippen MR) is 79.8 cm³/mol. The van der Waals surface area contributed by atoms with Crippen LogP contribution < -0.4 is 0 Å². The molecule has 2 heterocycles. The summed E-state index contributed by atoms with van der Waals surface area (Å²) < 4.78 is 15.2. The Bertz CT molecular complexity index is 515. The second-order valence-corrected chi connectivity index (χ2v) is 6.49. The van der Waals surface area contributed by atoms with E-state index in [1.54, 1.807) is 0 Å². The Hall–Kier alpha value is -0.970. The molecule has 2 saturated heterocycles. The summed E-state index contributed by atoms with van der Waals surface area (Å²) >= 11 is 0. The fraction of sp³-hybridized carbons (Fsp3) is 0.929. The van der Waals surface area contributed by atoms with Gasteiger partial charge in [-0.15, -0.1) is 0 Å². The van der Waals surface area contributed by atoms with Gasteiger partial charge in [-0.1, -0.05) is 0 Å². The molecule has 10 unspecified atom stereocenters. The number of aliphatic hydroxyl groups is 8. The van der Waals surface area contributed by atoms with E-state index in [2.05, 4.69) is 0 Å². The van der Waals surface area contributed by atoms with Crippen LogP contribution in [0.25, 0.3) is 0 Å². The third kappa shape index (κ3) is 4.38. The van der Waals surface area contributed by atoms with Crippen LogP contribution in [-0.4, -0.2) is 126 Å². The molecule has 0 aromatic rings. The normalized spacial score (nSPS) is 46.8. The van der Waals surface area contributed by atoms with Crippen LogP contribution in [0.4, 0.5) is 0 Å². The van der Waals surface area contributed by atoms with Gasteiger partial charge in [0.2, 0.25) is 0 Å². The highest BCUT2D eigenvalue weighted by molar-refractivity contribution is 5.75. The minimum Gasteiger partial charge on any atom is -0.477 e. The van der Waals surface area contributed by atoms with Gasteiger partial charge in [0.25, 0.3) is 5.79 Å². The molecule has 2 aliphatic rings. The van der Waals surface area contributed by atoms with Gasteiger partial charge in [0.05, 0.1) is 19.3 Å². The standard InChI is InChI=1S/C14H24O13/c15-2-4(17)11-8(19)5(1-14(24,27-11)13(22)23)25-12-10(21)9(20)7(18)6(3-16)26-12/h4-12,15-21,24H,1-3H2,(H,22,23). The molecule has 0 aromatic carbocycles. The lowest BCUT2D eigenvalue weighted by Gasteiger charge is -2.46. The Balaban J connectivity index is 2.22. The molecule has 2 aliphatic heterocycles. The molecule has 0 spiro atoms. The molecule has 0 bridgehead atoms. The maximum absolute atomic E-state index is 11.3. The van der Waals surface area contributed by atoms with E-state index in [0.29, 0.717) is 0 Å². The summed E-state index contributed by atoms with van der Waals surface area (Å²) in [4.78, 5) is 11.3. The Morgan fingerprint density at radius 1 is 1.11 bits per heavy atom. The first-order chi connectivity index (χ1) is 12.6. The maximum atomic E-state index is 11.3. The van der Waals surface area contributed by atoms with Crippen molar-refractivity contribution in [3.05, 3.63) is 0 Å². The Morgan fingerprint density at radius 2 is 1.74 bits per heavy atom. The van der Waals surface area contributed by atoms with Crippen LogP contribution in [0.2, 0.25) is 0 Å². The van der Waals surface area contributed by atoms with E-state index in [0.717, 1.165) is 0 Å². The summed E-state index contributed by atoms with van der Waals surface area (Å²) in [6.07, 6.45) is -16.1. The van der Waals surface area contributed by atoms with Crippen LogP contribution in [-0.2, 0) is 19.0 Å². The second-order valence-electron chi connectivity index (χ2n) is 6.49. The highest BCUT2D eigenvalue weighted by Crippen LogP contribution is 2.33. The topological polar surface area (TPSA) is 227 Å². The van der Waals surface area contributed by atoms with Crippen LogP contribution in [0.3, 0.4) is 0 Å². The van der Waals surface area contributed by atoms with E-state index in [4.69, 9.17) is 29.5 Å². The summed E-state index contributed by atoms with van der Waals surface area (Å²) in [5.41, 5.74) is 0. The molecule has 0 aromatic heterocycles. The Kier molecular flexibility index (Phi) is 7.10. The summed E-state index contributed by atoms with van der Waals surface area (Å²) in [5.74, 6) is -4.74. The monoisotopic (exact) mass is 400 g/mol. The number of aliphatic carboxylic acids is 1. The molecule has 13 heteroatoms. The van der Waals surface area contributed by atoms with Crippen LogP contribution in [0.1, 0.15) is 6.42 Å². The van der Waals surface area contributed by atoms with Crippen LogP contribution in [0, 0.1) is 0 Å². The smallest absolute Gasteiger partial charge is 0.364 e. The average molecular weight is 400 g/mol. The van der Waals surface area contributed by atoms with E-state index >= 15 is 0 Å². The van der Waals surface area contributed by atoms with Gasteiger partial charge in [-0.25, -0.2) is 4.79 Å². The van der Waals surface area contributed by atoms with Crippen molar-refractivity contribution in [1.82, 2.24) is 0 Å². The minimum atomic E-state index is -2.89. The molecule has 27 heavy (non-hydrogen) atoms. The molecule has 0 aliphatic carbocycles. The molecule has 158 valence electrons. The molecule has 0 radical (unpaired) electrons. The van der Waals surface area contributed by atoms with Crippen LogP contribution in [0.15, 0.2) is 0 Å². The van der Waals surface area contributed by atoms with Gasteiger partial charge in [-0.2, -0.15) is 0 Å². The fourth-order valence-corrected chi connectivity index (χ4v) is 2.98. The third-order valence-electron chi connectivity index (χ3n) is 4.58. The number of hydrogen-bond acceptors (Lipinski definition) is 12. The predicted octanol–water partition coefficient (Wildman–Crippen LogP) is -5.55. The first-order valence-electron chi connectivity index (χ1n) is 8.12. The third-order valence-corrected chi connectivity index (χ3v) is 4.58. The number of carboxylic acids is 1. The minimum absolute atomic E-state index is 0.744. The van der Waals surface area contributed by atoms with Crippen LogP contribution >= 0.6 is 0 Å². The van der Waals surface area contributed by atoms with Gasteiger partial charge >= 0.3 is 5.97 Å². The fourth-order valence-electron chi connectivity index (χ4n) is 2.98. The van der Waals surface area contributed by atoms with Crippen molar-refractivity contribution in [1.29, 1.82) is 0 Å². The van der Waals surface area contributed by atoms with Crippen molar-refractivity contribution in [3.63, 3.8) is 0 Å². The van der Waals surface area contributed by atoms with Crippen molar-refractivity contribution < 1.29 is 65.0 Å². The number of carboxylic acid groups (broad SMARTS) is 1. The zero-order chi connectivity index (χ0) is 20.5. The molecular weight excluding hydrogens is 376 g/mol. The first-order valence-corrected chi connectivity index (χ1v) is 8.12. The van der Waals surface area contributed by atoms with Crippen molar-refractivity contribution in [2.45, 2.75) is 67.3 Å². The van der Waals surface area contributed by atoms with Gasteiger partial charge < -0.3 is 60.2 Å². The van der Waals surface area contributed by atoms with Crippen LogP contribution in [0.5, 0.6) is 0 Å². The molecule has 2 rings (SSSR count). The van der Waals surface area contributed by atoms with Gasteiger partial charge in [-0.05, 0) is 0 Å². The highest BCUT2D eigenvalue weighted by Gasteiger charge is 2.55. The van der Waals surface area contributed by atoms with E-state index in [1.165, 1.54) is 0 Å². The number of aliphatic hydroxyl groups excluding tert-OH is 7. The Labute approximate surface area is 152 Å². The zero-order valence-electron chi connectivity index (χ0n) is 14.0. The summed E-state index contributed by atoms with van der Waals surface area (Å²) in [6.45, 7) is -1.67. The van der Waals surface area contributed by atoms with E-state index in [9.17, 15) is 35.4 Å². The van der Waals surface area contributed by atoms with Gasteiger partial charge in [0, 0.05) is 6.42 Å². The summed E-state index contributed by atoms with van der Waals surface area (Å²) in [6, 6.07) is 0. The summed E-state index contributed by atoms with van der Waals surface area (Å²) in [5, 5.41) is 86.9. The van der Waals surface area contributed by atoms with E-state index in [-0.39, 0.29) is 0 Å². The molecule has 10 atom stereocenters. The lowest BCUT2D eigenvalue weighted by Crippen LogP contribution is -2.65. The van der Waals surface area contributed by atoms with Crippen molar-refractivity contribution in [2.75, 3.05) is 13.2 Å². The molecule has 2 fully saturated rings. The first kappa shape index (κ1) is 22.3. The maximum Gasteiger partial charge on any atom is 0.364 e. The molecule has 0 saturated carbocycles. The van der Waals surface area contributed by atoms with E-state index in [1.807, 2.05) is 0 Å². The molecule has 0 amide bonds. The summed E-state index contributed by atoms with van der Waals surface area (Å²) in [7, 11) is 0. The van der Waals surface area contributed by atoms with E-state index < -0.39 is 86.5 Å². The SMILES string of the molecule is O=C(O)C1(O)CC(OC2OC(CO)C(O)C(O)C2O)C(O)C(C(O)CO)O1.